The van der Waals surface area contributed by atoms with Crippen LogP contribution in [0.15, 0.2) is 30.3 Å². The van der Waals surface area contributed by atoms with E-state index < -0.39 is 17.3 Å². The fraction of sp³-hybridized carbons (Fsp3) is 0.421. The molecule has 1 aliphatic heterocycles. The minimum absolute atomic E-state index is 0.0545. The third kappa shape index (κ3) is 3.95. The number of ether oxygens (including phenoxy) is 2. The van der Waals surface area contributed by atoms with E-state index in [1.54, 1.807) is 17.9 Å². The molecule has 0 unspecified atom stereocenters. The Kier molecular flexibility index (Phi) is 5.46. The van der Waals surface area contributed by atoms with Crippen molar-refractivity contribution < 1.29 is 24.2 Å². The first kappa shape index (κ1) is 18.9. The number of methoxy groups -OCH3 is 1. The van der Waals surface area contributed by atoms with Crippen molar-refractivity contribution in [3.8, 4) is 11.4 Å². The Morgan fingerprint density at radius 2 is 1.96 bits per heavy atom. The van der Waals surface area contributed by atoms with Gasteiger partial charge in [0.1, 0.15) is 5.75 Å². The van der Waals surface area contributed by atoms with Crippen molar-refractivity contribution in [2.45, 2.75) is 19.8 Å². The molecule has 2 aromatic rings. The van der Waals surface area contributed by atoms with Crippen LogP contribution in [0.5, 0.6) is 5.75 Å². The highest BCUT2D eigenvalue weighted by Gasteiger charge is 2.40. The number of amides is 1. The number of hydrogen-bond donors (Lipinski definition) is 2. The van der Waals surface area contributed by atoms with Crippen molar-refractivity contribution in [3.05, 3.63) is 41.7 Å². The van der Waals surface area contributed by atoms with Gasteiger partial charge in [-0.1, -0.05) is 0 Å². The average molecular weight is 373 g/mol. The minimum Gasteiger partial charge on any atom is -0.497 e. The molecule has 8 heteroatoms. The summed E-state index contributed by atoms with van der Waals surface area (Å²) in [4.78, 5) is 24.2. The van der Waals surface area contributed by atoms with Crippen LogP contribution < -0.4 is 10.1 Å². The first-order chi connectivity index (χ1) is 12.9. The Morgan fingerprint density at radius 1 is 1.30 bits per heavy atom. The molecule has 0 saturated carbocycles. The van der Waals surface area contributed by atoms with Gasteiger partial charge in [-0.05, 0) is 50.1 Å². The molecule has 1 aromatic carbocycles. The first-order valence-corrected chi connectivity index (χ1v) is 8.76. The van der Waals surface area contributed by atoms with Gasteiger partial charge in [-0.15, -0.1) is 0 Å². The van der Waals surface area contributed by atoms with E-state index in [9.17, 15) is 14.7 Å². The second-order valence-corrected chi connectivity index (χ2v) is 6.66. The van der Waals surface area contributed by atoms with E-state index >= 15 is 0 Å². The summed E-state index contributed by atoms with van der Waals surface area (Å²) in [6.45, 7) is 2.67. The molecule has 0 bridgehead atoms. The number of carbonyl (C=O) groups excluding carboxylic acids is 1. The molecule has 8 nitrogen and oxygen atoms in total. The number of nitrogens with zero attached hydrogens (tertiary/aromatic N) is 2. The quantitative estimate of drug-likeness (QED) is 0.800. The highest BCUT2D eigenvalue weighted by Crippen LogP contribution is 2.30. The van der Waals surface area contributed by atoms with E-state index in [2.05, 4.69) is 10.4 Å². The summed E-state index contributed by atoms with van der Waals surface area (Å²) in [6.07, 6.45) is 0.754. The Balaban J connectivity index is 1.72. The number of benzene rings is 1. The summed E-state index contributed by atoms with van der Waals surface area (Å²) in [5.74, 6) is -0.569. The van der Waals surface area contributed by atoms with Crippen LogP contribution in [0, 0.1) is 12.3 Å². The van der Waals surface area contributed by atoms with Crippen LogP contribution in [0.25, 0.3) is 5.69 Å². The molecule has 0 spiro atoms. The number of carbonyl (C=O) groups is 2. The number of rotatable bonds is 6. The van der Waals surface area contributed by atoms with Gasteiger partial charge in [-0.25, -0.2) is 4.68 Å². The average Bonchev–Trinajstić information content (AvgIpc) is 3.08. The first-order valence-electron chi connectivity index (χ1n) is 8.76. The molecule has 1 saturated heterocycles. The van der Waals surface area contributed by atoms with Gasteiger partial charge in [0.15, 0.2) is 5.69 Å². The van der Waals surface area contributed by atoms with Crippen molar-refractivity contribution in [2.75, 3.05) is 26.9 Å². The number of aliphatic carboxylic acids is 1. The third-order valence-corrected chi connectivity index (χ3v) is 4.93. The van der Waals surface area contributed by atoms with Gasteiger partial charge in [0.2, 0.25) is 0 Å². The summed E-state index contributed by atoms with van der Waals surface area (Å²) >= 11 is 0. The fourth-order valence-corrected chi connectivity index (χ4v) is 3.14. The lowest BCUT2D eigenvalue weighted by molar-refractivity contribution is -0.154. The predicted molar refractivity (Wildman–Crippen MR) is 97.3 cm³/mol. The summed E-state index contributed by atoms with van der Waals surface area (Å²) in [5.41, 5.74) is 0.862. The van der Waals surface area contributed by atoms with Crippen LogP contribution in [0.2, 0.25) is 0 Å². The Morgan fingerprint density at radius 3 is 2.56 bits per heavy atom. The number of hydrogen-bond acceptors (Lipinski definition) is 5. The monoisotopic (exact) mass is 373 g/mol. The molecule has 27 heavy (non-hydrogen) atoms. The second-order valence-electron chi connectivity index (χ2n) is 6.66. The van der Waals surface area contributed by atoms with Crippen molar-refractivity contribution >= 4 is 11.9 Å². The molecule has 0 radical (unpaired) electrons. The third-order valence-electron chi connectivity index (χ3n) is 4.93. The molecular weight excluding hydrogens is 350 g/mol. The minimum atomic E-state index is -0.985. The van der Waals surface area contributed by atoms with Gasteiger partial charge in [-0.3, -0.25) is 9.59 Å². The fourth-order valence-electron chi connectivity index (χ4n) is 3.14. The van der Waals surface area contributed by atoms with Gasteiger partial charge in [0, 0.05) is 25.5 Å². The number of carboxylic acids is 1. The van der Waals surface area contributed by atoms with Gasteiger partial charge >= 0.3 is 5.97 Å². The highest BCUT2D eigenvalue weighted by atomic mass is 16.5. The maximum atomic E-state index is 12.5. The normalized spacial score (nSPS) is 15.9. The summed E-state index contributed by atoms with van der Waals surface area (Å²) in [5, 5.41) is 16.7. The topological polar surface area (TPSA) is 103 Å². The van der Waals surface area contributed by atoms with Crippen LogP contribution in [0.1, 0.15) is 29.0 Å². The lowest BCUT2D eigenvalue weighted by Gasteiger charge is -2.32. The Labute approximate surface area is 157 Å². The number of aromatic nitrogens is 2. The van der Waals surface area contributed by atoms with E-state index in [4.69, 9.17) is 9.47 Å². The molecule has 1 fully saturated rings. The standard InChI is InChI=1S/C19H23N3O5/c1-13-11-16(21-22(13)14-3-5-15(26-2)6-4-14)17(23)20-12-19(18(24)25)7-9-27-10-8-19/h3-6,11H,7-10,12H2,1-2H3,(H,20,23)(H,24,25). The molecule has 144 valence electrons. The zero-order valence-corrected chi connectivity index (χ0v) is 15.4. The lowest BCUT2D eigenvalue weighted by Crippen LogP contribution is -2.46. The van der Waals surface area contributed by atoms with Crippen LogP contribution in [-0.2, 0) is 9.53 Å². The number of carboxylic acid groups (broad SMARTS) is 1. The van der Waals surface area contributed by atoms with E-state index in [0.717, 1.165) is 17.1 Å². The largest absolute Gasteiger partial charge is 0.497 e. The van der Waals surface area contributed by atoms with Crippen molar-refractivity contribution in [3.63, 3.8) is 0 Å². The van der Waals surface area contributed by atoms with E-state index in [1.165, 1.54) is 0 Å². The van der Waals surface area contributed by atoms with Crippen LogP contribution in [0.3, 0.4) is 0 Å². The van der Waals surface area contributed by atoms with Gasteiger partial charge in [-0.2, -0.15) is 5.10 Å². The predicted octanol–water partition coefficient (Wildman–Crippen LogP) is 1.80. The molecule has 0 aliphatic carbocycles. The van der Waals surface area contributed by atoms with Crippen LogP contribution >= 0.6 is 0 Å². The molecule has 3 rings (SSSR count). The molecule has 0 atom stereocenters. The maximum absolute atomic E-state index is 12.5. The second kappa shape index (κ2) is 7.79. The van der Waals surface area contributed by atoms with E-state index in [1.807, 2.05) is 31.2 Å². The zero-order valence-electron chi connectivity index (χ0n) is 15.4. The van der Waals surface area contributed by atoms with Gasteiger partial charge < -0.3 is 19.9 Å². The molecule has 1 amide bonds. The van der Waals surface area contributed by atoms with Crippen molar-refractivity contribution in [1.82, 2.24) is 15.1 Å². The van der Waals surface area contributed by atoms with Crippen LogP contribution in [0.4, 0.5) is 0 Å². The zero-order chi connectivity index (χ0) is 19.4. The van der Waals surface area contributed by atoms with Crippen molar-refractivity contribution in [2.24, 2.45) is 5.41 Å². The van der Waals surface area contributed by atoms with Crippen molar-refractivity contribution in [1.29, 1.82) is 0 Å². The maximum Gasteiger partial charge on any atom is 0.311 e. The molecular formula is C19H23N3O5. The van der Waals surface area contributed by atoms with E-state index in [-0.39, 0.29) is 12.2 Å². The molecule has 2 N–H and O–H groups in total. The Bertz CT molecular complexity index is 822. The summed E-state index contributed by atoms with van der Waals surface area (Å²) in [6, 6.07) is 9.01. The van der Waals surface area contributed by atoms with Gasteiger partial charge in [0.25, 0.3) is 5.91 Å². The smallest absolute Gasteiger partial charge is 0.311 e. The highest BCUT2D eigenvalue weighted by molar-refractivity contribution is 5.92. The summed E-state index contributed by atoms with van der Waals surface area (Å²) < 4.78 is 12.1. The number of aryl methyl sites for hydroxylation is 1. The van der Waals surface area contributed by atoms with E-state index in [0.29, 0.717) is 26.1 Å². The molecule has 1 aromatic heterocycles. The lowest BCUT2D eigenvalue weighted by atomic mass is 9.80. The number of nitrogens with one attached hydrogen (secondary N) is 1. The Hall–Kier alpha value is -2.87. The summed E-state index contributed by atoms with van der Waals surface area (Å²) in [7, 11) is 1.60. The van der Waals surface area contributed by atoms with Crippen LogP contribution in [-0.4, -0.2) is 53.6 Å². The van der Waals surface area contributed by atoms with Gasteiger partial charge in [0.05, 0.1) is 18.2 Å². The molecule has 1 aliphatic rings. The molecule has 2 heterocycles. The SMILES string of the molecule is COc1ccc(-n2nc(C(=O)NCC3(C(=O)O)CCOCC3)cc2C)cc1.